The molecule has 28 heavy (non-hydrogen) atoms. The van der Waals surface area contributed by atoms with Gasteiger partial charge < -0.3 is 13.9 Å². The molecule has 3 heteroatoms. The maximum absolute atomic E-state index is 5.97. The van der Waals surface area contributed by atoms with Gasteiger partial charge in [0, 0.05) is 23.7 Å². The maximum Gasteiger partial charge on any atom is 0.206 e. The molecular weight excluding hydrogens is 344 g/mol. The third-order valence-corrected chi connectivity index (χ3v) is 8.83. The van der Waals surface area contributed by atoms with E-state index >= 15 is 0 Å². The largest absolute Gasteiger partial charge is 0.448 e. The standard InChI is InChI=1S/C25H28N2O/c1-15-22-21-8-9-28-24(21)26(2)23(22)25(27(15)20-6-4-3-5-7-20)18-11-16-10-17(13-18)14-19(25)12-16/h3-9,15-19H,10-14H2,1-2H3. The number of fused-ring (bicyclic) bond motifs is 3. The molecule has 0 N–H and O–H groups in total. The summed E-state index contributed by atoms with van der Waals surface area (Å²) in [6, 6.07) is 13.8. The van der Waals surface area contributed by atoms with Gasteiger partial charge in [-0.2, -0.15) is 0 Å². The average Bonchev–Trinajstić information content (AvgIpc) is 3.33. The molecule has 144 valence electrons. The molecule has 5 aliphatic rings. The minimum atomic E-state index is 0.139. The highest BCUT2D eigenvalue weighted by Gasteiger charge is 2.66. The lowest BCUT2D eigenvalue weighted by Gasteiger charge is -2.63. The van der Waals surface area contributed by atoms with Gasteiger partial charge in [0.15, 0.2) is 0 Å². The summed E-state index contributed by atoms with van der Waals surface area (Å²) in [5, 5.41) is 1.33. The van der Waals surface area contributed by atoms with Crippen molar-refractivity contribution in [2.75, 3.05) is 4.90 Å². The van der Waals surface area contributed by atoms with Gasteiger partial charge in [-0.25, -0.2) is 0 Å². The Balaban J connectivity index is 1.56. The van der Waals surface area contributed by atoms with E-state index in [-0.39, 0.29) is 5.54 Å². The van der Waals surface area contributed by atoms with E-state index < -0.39 is 0 Å². The van der Waals surface area contributed by atoms with Crippen molar-refractivity contribution in [2.24, 2.45) is 30.7 Å². The van der Waals surface area contributed by atoms with E-state index in [2.05, 4.69) is 59.8 Å². The topological polar surface area (TPSA) is 21.3 Å². The van der Waals surface area contributed by atoms with Crippen molar-refractivity contribution in [3.8, 4) is 0 Å². The first kappa shape index (κ1) is 15.7. The molecular formula is C25H28N2O. The van der Waals surface area contributed by atoms with E-state index in [0.717, 1.165) is 29.4 Å². The molecule has 1 aromatic carbocycles. The van der Waals surface area contributed by atoms with Crippen LogP contribution < -0.4 is 4.90 Å². The van der Waals surface area contributed by atoms with Crippen molar-refractivity contribution >= 4 is 16.8 Å². The Hall–Kier alpha value is -2.16. The summed E-state index contributed by atoms with van der Waals surface area (Å²) in [4.78, 5) is 2.84. The fourth-order valence-corrected chi connectivity index (χ4v) is 8.36. The van der Waals surface area contributed by atoms with E-state index in [1.165, 1.54) is 48.7 Å². The normalized spacial score (nSPS) is 38.1. The number of aryl methyl sites for hydroxylation is 1. The first-order chi connectivity index (χ1) is 13.7. The van der Waals surface area contributed by atoms with Crippen LogP contribution in [0.15, 0.2) is 47.1 Å². The van der Waals surface area contributed by atoms with E-state index in [1.54, 1.807) is 5.69 Å². The summed E-state index contributed by atoms with van der Waals surface area (Å²) < 4.78 is 8.39. The number of hydrogen-bond acceptors (Lipinski definition) is 2. The summed E-state index contributed by atoms with van der Waals surface area (Å²) in [6.45, 7) is 2.43. The van der Waals surface area contributed by atoms with Gasteiger partial charge in [0.1, 0.15) is 0 Å². The quantitative estimate of drug-likeness (QED) is 0.522. The molecule has 1 aliphatic heterocycles. The van der Waals surface area contributed by atoms with E-state index in [4.69, 9.17) is 4.42 Å². The fraction of sp³-hybridized carbons (Fsp3) is 0.520. The SMILES string of the molecule is CC1c2c(n(C)c3occc23)C2(C3CC4CC(C3)CC2C4)N1c1ccccc1. The summed E-state index contributed by atoms with van der Waals surface area (Å²) in [5.74, 6) is 3.47. The monoisotopic (exact) mass is 372 g/mol. The number of nitrogens with zero attached hydrogens (tertiary/aromatic N) is 2. The third-order valence-electron chi connectivity index (χ3n) is 8.83. The molecule has 0 saturated heterocycles. The molecule has 0 amide bonds. The van der Waals surface area contributed by atoms with Gasteiger partial charge >= 0.3 is 0 Å². The van der Waals surface area contributed by atoms with Gasteiger partial charge in [-0.05, 0) is 80.9 Å². The lowest BCUT2D eigenvalue weighted by molar-refractivity contribution is -0.0629. The minimum Gasteiger partial charge on any atom is -0.448 e. The fourth-order valence-electron chi connectivity index (χ4n) is 8.36. The van der Waals surface area contributed by atoms with Crippen LogP contribution in [0.3, 0.4) is 0 Å². The van der Waals surface area contributed by atoms with Gasteiger partial charge in [0.25, 0.3) is 0 Å². The molecule has 0 radical (unpaired) electrons. The van der Waals surface area contributed by atoms with Gasteiger partial charge in [-0.3, -0.25) is 0 Å². The third kappa shape index (κ3) is 1.61. The lowest BCUT2D eigenvalue weighted by atomic mass is 9.47. The number of para-hydroxylation sites is 1. The summed E-state index contributed by atoms with van der Waals surface area (Å²) in [5.41, 5.74) is 5.71. The molecule has 3 nitrogen and oxygen atoms in total. The molecule has 4 aliphatic carbocycles. The van der Waals surface area contributed by atoms with Gasteiger partial charge in [-0.15, -0.1) is 0 Å². The molecule has 8 rings (SSSR count). The Labute approximate surface area is 166 Å². The Morgan fingerprint density at radius 2 is 1.61 bits per heavy atom. The molecule has 2 aromatic heterocycles. The van der Waals surface area contributed by atoms with Crippen molar-refractivity contribution in [3.05, 3.63) is 53.9 Å². The molecule has 4 saturated carbocycles. The first-order valence-electron chi connectivity index (χ1n) is 11.1. The second-order valence-electron chi connectivity index (χ2n) is 9.97. The van der Waals surface area contributed by atoms with Crippen LogP contribution in [0.5, 0.6) is 0 Å². The second kappa shape index (κ2) is 5.06. The second-order valence-corrected chi connectivity index (χ2v) is 9.97. The molecule has 1 unspecified atom stereocenters. The van der Waals surface area contributed by atoms with Crippen molar-refractivity contribution < 1.29 is 4.42 Å². The Bertz CT molecular complexity index is 1050. The number of hydrogen-bond donors (Lipinski definition) is 0. The summed E-state index contributed by atoms with van der Waals surface area (Å²) in [7, 11) is 2.25. The Morgan fingerprint density at radius 3 is 2.29 bits per heavy atom. The van der Waals surface area contributed by atoms with Crippen LogP contribution in [-0.4, -0.2) is 4.57 Å². The summed E-state index contributed by atoms with van der Waals surface area (Å²) in [6.07, 6.45) is 9.01. The van der Waals surface area contributed by atoms with Crippen LogP contribution in [0.2, 0.25) is 0 Å². The van der Waals surface area contributed by atoms with Crippen molar-refractivity contribution in [2.45, 2.75) is 50.6 Å². The van der Waals surface area contributed by atoms with Crippen LogP contribution in [0.25, 0.3) is 11.1 Å². The highest BCUT2D eigenvalue weighted by atomic mass is 16.3. The zero-order chi connectivity index (χ0) is 18.6. The molecule has 4 bridgehead atoms. The van der Waals surface area contributed by atoms with Crippen LogP contribution in [-0.2, 0) is 12.6 Å². The maximum atomic E-state index is 5.97. The number of anilines is 1. The van der Waals surface area contributed by atoms with Crippen molar-refractivity contribution in [3.63, 3.8) is 0 Å². The lowest BCUT2D eigenvalue weighted by Crippen LogP contribution is -2.62. The number of benzene rings is 1. The van der Waals surface area contributed by atoms with Crippen LogP contribution in [0.4, 0.5) is 5.69 Å². The molecule has 1 atom stereocenters. The van der Waals surface area contributed by atoms with Crippen LogP contribution in [0.1, 0.15) is 56.3 Å². The number of aromatic nitrogens is 1. The predicted molar refractivity (Wildman–Crippen MR) is 111 cm³/mol. The van der Waals surface area contributed by atoms with Crippen LogP contribution in [0, 0.1) is 23.7 Å². The first-order valence-corrected chi connectivity index (χ1v) is 11.1. The number of furan rings is 1. The van der Waals surface area contributed by atoms with E-state index in [1.807, 2.05) is 6.26 Å². The molecule has 3 heterocycles. The zero-order valence-electron chi connectivity index (χ0n) is 16.8. The smallest absolute Gasteiger partial charge is 0.206 e. The van der Waals surface area contributed by atoms with Gasteiger partial charge in [0.05, 0.1) is 23.5 Å². The van der Waals surface area contributed by atoms with Gasteiger partial charge in [-0.1, -0.05) is 18.2 Å². The average molecular weight is 373 g/mol. The highest BCUT2D eigenvalue weighted by Crippen LogP contribution is 2.69. The van der Waals surface area contributed by atoms with Crippen molar-refractivity contribution in [1.29, 1.82) is 0 Å². The molecule has 1 spiro atoms. The highest BCUT2D eigenvalue weighted by molar-refractivity contribution is 5.85. The predicted octanol–water partition coefficient (Wildman–Crippen LogP) is 6.00. The Morgan fingerprint density at radius 1 is 0.929 bits per heavy atom. The number of rotatable bonds is 1. The zero-order valence-corrected chi connectivity index (χ0v) is 16.8. The van der Waals surface area contributed by atoms with E-state index in [9.17, 15) is 0 Å². The van der Waals surface area contributed by atoms with Gasteiger partial charge in [0.2, 0.25) is 5.71 Å². The van der Waals surface area contributed by atoms with Crippen LogP contribution >= 0.6 is 0 Å². The van der Waals surface area contributed by atoms with E-state index in [0.29, 0.717) is 6.04 Å². The minimum absolute atomic E-state index is 0.139. The summed E-state index contributed by atoms with van der Waals surface area (Å²) >= 11 is 0. The molecule has 4 fully saturated rings. The molecule has 3 aromatic rings. The van der Waals surface area contributed by atoms with Crippen molar-refractivity contribution in [1.82, 2.24) is 4.57 Å². The Kier molecular flexibility index (Phi) is 2.84.